The summed E-state index contributed by atoms with van der Waals surface area (Å²) in [6.07, 6.45) is 5.25. The van der Waals surface area contributed by atoms with E-state index in [9.17, 15) is 0 Å². The van der Waals surface area contributed by atoms with Crippen molar-refractivity contribution < 1.29 is 0 Å². The molecule has 0 bridgehead atoms. The fraction of sp³-hybridized carbons (Fsp3) is 0.786. The summed E-state index contributed by atoms with van der Waals surface area (Å²) in [6, 6.07) is 0.632. The lowest BCUT2D eigenvalue weighted by Crippen LogP contribution is -2.51. The molecular weight excluding hydrogens is 224 g/mol. The Hall–Kier alpha value is -0.870. The fourth-order valence-corrected chi connectivity index (χ4v) is 2.79. The number of aromatic nitrogens is 2. The summed E-state index contributed by atoms with van der Waals surface area (Å²) < 4.78 is 2.24. The molecular formula is C14H26N4. The molecule has 0 saturated carbocycles. The Morgan fingerprint density at radius 1 is 1.33 bits per heavy atom. The third-order valence-electron chi connectivity index (χ3n) is 3.88. The highest BCUT2D eigenvalue weighted by Crippen LogP contribution is 2.13. The van der Waals surface area contributed by atoms with Crippen LogP contribution in [0.5, 0.6) is 0 Å². The van der Waals surface area contributed by atoms with Crippen LogP contribution in [0.1, 0.15) is 33.0 Å². The molecule has 0 radical (unpaired) electrons. The monoisotopic (exact) mass is 250 g/mol. The Morgan fingerprint density at radius 2 is 2.17 bits per heavy atom. The zero-order valence-corrected chi connectivity index (χ0v) is 12.0. The SMILES string of the molecule is CCCN1CCN(Cc2nccn2CC)[C@H](C)C1. The van der Waals surface area contributed by atoms with Gasteiger partial charge in [0.1, 0.15) is 5.82 Å². The smallest absolute Gasteiger partial charge is 0.122 e. The van der Waals surface area contributed by atoms with E-state index in [0.29, 0.717) is 6.04 Å². The van der Waals surface area contributed by atoms with Crippen LogP contribution >= 0.6 is 0 Å². The van der Waals surface area contributed by atoms with E-state index in [0.717, 1.165) is 19.6 Å². The van der Waals surface area contributed by atoms with Gasteiger partial charge in [-0.15, -0.1) is 0 Å². The van der Waals surface area contributed by atoms with Crippen molar-refractivity contribution in [3.63, 3.8) is 0 Å². The summed E-state index contributed by atoms with van der Waals surface area (Å²) in [5, 5.41) is 0. The van der Waals surface area contributed by atoms with Gasteiger partial charge < -0.3 is 9.47 Å². The highest BCUT2D eigenvalue weighted by Gasteiger charge is 2.23. The minimum absolute atomic E-state index is 0.632. The number of hydrogen-bond acceptors (Lipinski definition) is 3. The second-order valence-corrected chi connectivity index (χ2v) is 5.25. The Labute approximate surface area is 111 Å². The predicted molar refractivity (Wildman–Crippen MR) is 74.5 cm³/mol. The van der Waals surface area contributed by atoms with Crippen LogP contribution in [-0.2, 0) is 13.1 Å². The van der Waals surface area contributed by atoms with E-state index in [2.05, 4.69) is 46.3 Å². The van der Waals surface area contributed by atoms with Crippen molar-refractivity contribution in [3.05, 3.63) is 18.2 Å². The maximum atomic E-state index is 4.48. The van der Waals surface area contributed by atoms with E-state index in [1.54, 1.807) is 0 Å². The number of imidazole rings is 1. The van der Waals surface area contributed by atoms with Crippen LogP contribution in [0.3, 0.4) is 0 Å². The summed E-state index contributed by atoms with van der Waals surface area (Å²) in [6.45, 7) is 13.6. The highest BCUT2D eigenvalue weighted by atomic mass is 15.3. The molecule has 2 heterocycles. The summed E-state index contributed by atoms with van der Waals surface area (Å²) in [5.41, 5.74) is 0. The zero-order chi connectivity index (χ0) is 13.0. The van der Waals surface area contributed by atoms with Gasteiger partial charge in [-0.05, 0) is 26.8 Å². The van der Waals surface area contributed by atoms with E-state index in [1.165, 1.54) is 31.9 Å². The standard InChI is InChI=1S/C14H26N4/c1-4-7-16-9-10-18(13(3)11-16)12-14-15-6-8-17(14)5-2/h6,8,13H,4-5,7,9-12H2,1-3H3/t13-/m1/s1. The molecule has 1 saturated heterocycles. The lowest BCUT2D eigenvalue weighted by Gasteiger charge is -2.39. The van der Waals surface area contributed by atoms with Gasteiger partial charge in [-0.1, -0.05) is 6.92 Å². The first-order valence-corrected chi connectivity index (χ1v) is 7.21. The van der Waals surface area contributed by atoms with E-state index >= 15 is 0 Å². The first kappa shape index (κ1) is 13.6. The van der Waals surface area contributed by atoms with E-state index in [-0.39, 0.29) is 0 Å². The topological polar surface area (TPSA) is 24.3 Å². The third kappa shape index (κ3) is 3.12. The minimum Gasteiger partial charge on any atom is -0.334 e. The predicted octanol–water partition coefficient (Wildman–Crippen LogP) is 1.82. The molecule has 1 aliphatic rings. The molecule has 4 heteroatoms. The van der Waals surface area contributed by atoms with Gasteiger partial charge in [0.15, 0.2) is 0 Å². The molecule has 1 atom stereocenters. The average Bonchev–Trinajstić information content (AvgIpc) is 2.80. The molecule has 0 amide bonds. The van der Waals surface area contributed by atoms with Gasteiger partial charge in [0.05, 0.1) is 6.54 Å². The van der Waals surface area contributed by atoms with Crippen LogP contribution in [0.15, 0.2) is 12.4 Å². The molecule has 1 aromatic heterocycles. The van der Waals surface area contributed by atoms with Crippen molar-refractivity contribution in [1.82, 2.24) is 19.4 Å². The summed E-state index contributed by atoms with van der Waals surface area (Å²) in [5.74, 6) is 1.20. The molecule has 4 nitrogen and oxygen atoms in total. The molecule has 0 aliphatic carbocycles. The Balaban J connectivity index is 1.91. The van der Waals surface area contributed by atoms with Crippen LogP contribution in [0.4, 0.5) is 0 Å². The molecule has 0 unspecified atom stereocenters. The lowest BCUT2D eigenvalue weighted by atomic mass is 10.2. The summed E-state index contributed by atoms with van der Waals surface area (Å²) in [7, 11) is 0. The van der Waals surface area contributed by atoms with Crippen molar-refractivity contribution in [2.75, 3.05) is 26.2 Å². The molecule has 1 aliphatic heterocycles. The Bertz CT molecular complexity index is 360. The normalized spacial score (nSPS) is 22.5. The van der Waals surface area contributed by atoms with Crippen LogP contribution in [0, 0.1) is 0 Å². The summed E-state index contributed by atoms with van der Waals surface area (Å²) in [4.78, 5) is 9.61. The number of aryl methyl sites for hydroxylation is 1. The molecule has 18 heavy (non-hydrogen) atoms. The minimum atomic E-state index is 0.632. The highest BCUT2D eigenvalue weighted by molar-refractivity contribution is 4.94. The van der Waals surface area contributed by atoms with Crippen LogP contribution in [-0.4, -0.2) is 51.6 Å². The van der Waals surface area contributed by atoms with Crippen LogP contribution in [0.2, 0.25) is 0 Å². The molecule has 102 valence electrons. The van der Waals surface area contributed by atoms with Crippen molar-refractivity contribution in [2.24, 2.45) is 0 Å². The largest absolute Gasteiger partial charge is 0.334 e. The first-order valence-electron chi connectivity index (χ1n) is 7.21. The van der Waals surface area contributed by atoms with Crippen molar-refractivity contribution in [2.45, 2.75) is 46.3 Å². The van der Waals surface area contributed by atoms with Gasteiger partial charge in [0.2, 0.25) is 0 Å². The zero-order valence-electron chi connectivity index (χ0n) is 12.0. The molecule has 0 aromatic carbocycles. The number of nitrogens with zero attached hydrogens (tertiary/aromatic N) is 4. The number of rotatable bonds is 5. The van der Waals surface area contributed by atoms with Crippen molar-refractivity contribution in [3.8, 4) is 0 Å². The fourth-order valence-electron chi connectivity index (χ4n) is 2.79. The van der Waals surface area contributed by atoms with Crippen molar-refractivity contribution in [1.29, 1.82) is 0 Å². The van der Waals surface area contributed by atoms with E-state index in [4.69, 9.17) is 0 Å². The van der Waals surface area contributed by atoms with Gasteiger partial charge in [-0.2, -0.15) is 0 Å². The van der Waals surface area contributed by atoms with Crippen LogP contribution < -0.4 is 0 Å². The first-order chi connectivity index (χ1) is 8.74. The van der Waals surface area contributed by atoms with E-state index < -0.39 is 0 Å². The molecule has 0 N–H and O–H groups in total. The molecule has 1 fully saturated rings. The molecule has 0 spiro atoms. The Morgan fingerprint density at radius 3 is 2.83 bits per heavy atom. The van der Waals surface area contributed by atoms with Crippen LogP contribution in [0.25, 0.3) is 0 Å². The van der Waals surface area contributed by atoms with Gasteiger partial charge >= 0.3 is 0 Å². The van der Waals surface area contributed by atoms with Gasteiger partial charge in [-0.25, -0.2) is 4.98 Å². The molecule has 1 aromatic rings. The van der Waals surface area contributed by atoms with Gasteiger partial charge in [-0.3, -0.25) is 4.90 Å². The van der Waals surface area contributed by atoms with Gasteiger partial charge in [0, 0.05) is 44.6 Å². The molecule has 2 rings (SSSR count). The summed E-state index contributed by atoms with van der Waals surface area (Å²) >= 11 is 0. The van der Waals surface area contributed by atoms with Gasteiger partial charge in [0.25, 0.3) is 0 Å². The Kier molecular flexibility index (Phi) is 4.78. The number of hydrogen-bond donors (Lipinski definition) is 0. The quantitative estimate of drug-likeness (QED) is 0.796. The second kappa shape index (κ2) is 6.34. The second-order valence-electron chi connectivity index (χ2n) is 5.25. The lowest BCUT2D eigenvalue weighted by molar-refractivity contribution is 0.0750. The van der Waals surface area contributed by atoms with Crippen molar-refractivity contribution >= 4 is 0 Å². The van der Waals surface area contributed by atoms with E-state index in [1.807, 2.05) is 6.20 Å². The number of piperazine rings is 1. The maximum absolute atomic E-state index is 4.48. The average molecular weight is 250 g/mol. The maximum Gasteiger partial charge on any atom is 0.122 e. The third-order valence-corrected chi connectivity index (χ3v) is 3.88.